The van der Waals surface area contributed by atoms with Gasteiger partial charge in [-0.15, -0.1) is 0 Å². The summed E-state index contributed by atoms with van der Waals surface area (Å²) in [6, 6.07) is 14.3. The van der Waals surface area contributed by atoms with Gasteiger partial charge < -0.3 is 10.1 Å². The number of hydrogen-bond donors (Lipinski definition) is 1. The molecule has 1 aliphatic heterocycles. The molecule has 1 amide bonds. The highest BCUT2D eigenvalue weighted by Crippen LogP contribution is 2.22. The van der Waals surface area contributed by atoms with Crippen LogP contribution in [0.5, 0.6) is 0 Å². The van der Waals surface area contributed by atoms with Crippen LogP contribution < -0.4 is 5.32 Å². The number of morpholine rings is 1. The maximum Gasteiger partial charge on any atom is 0.255 e. The highest BCUT2D eigenvalue weighted by Gasteiger charge is 2.22. The topological polar surface area (TPSA) is 41.6 Å². The van der Waals surface area contributed by atoms with Crippen molar-refractivity contribution in [1.82, 2.24) is 10.2 Å². The van der Waals surface area contributed by atoms with Gasteiger partial charge in [-0.1, -0.05) is 48.0 Å². The molecule has 1 N–H and O–H groups in total. The molecule has 0 radical (unpaired) electrons. The van der Waals surface area contributed by atoms with Crippen LogP contribution >= 0.6 is 11.6 Å². The van der Waals surface area contributed by atoms with E-state index < -0.39 is 11.7 Å². The standard InChI is InChI=1S/C19H20ClFN2O2/c20-15-7-4-8-16(21)18(15)19(24)22-9-10-23-11-12-25-17(13-23)14-5-2-1-3-6-14/h1-8,17H,9-13H2,(H,22,24). The maximum atomic E-state index is 13.7. The van der Waals surface area contributed by atoms with E-state index in [-0.39, 0.29) is 16.7 Å². The fourth-order valence-electron chi connectivity index (χ4n) is 2.91. The average Bonchev–Trinajstić information content (AvgIpc) is 2.63. The van der Waals surface area contributed by atoms with Crippen LogP contribution in [0.25, 0.3) is 0 Å². The molecule has 0 spiro atoms. The minimum Gasteiger partial charge on any atom is -0.371 e. The van der Waals surface area contributed by atoms with Gasteiger partial charge in [-0.25, -0.2) is 4.39 Å². The van der Waals surface area contributed by atoms with Crippen molar-refractivity contribution in [2.24, 2.45) is 0 Å². The van der Waals surface area contributed by atoms with Crippen molar-refractivity contribution in [3.63, 3.8) is 0 Å². The number of rotatable bonds is 5. The van der Waals surface area contributed by atoms with Gasteiger partial charge in [0, 0.05) is 26.2 Å². The van der Waals surface area contributed by atoms with E-state index in [9.17, 15) is 9.18 Å². The molecule has 0 saturated carbocycles. The second-order valence-corrected chi connectivity index (χ2v) is 6.33. The molecule has 132 valence electrons. The minimum absolute atomic E-state index is 0.0339. The van der Waals surface area contributed by atoms with E-state index in [1.165, 1.54) is 18.2 Å². The zero-order chi connectivity index (χ0) is 17.6. The van der Waals surface area contributed by atoms with Crippen molar-refractivity contribution < 1.29 is 13.9 Å². The molecule has 1 fully saturated rings. The third kappa shape index (κ3) is 4.57. The summed E-state index contributed by atoms with van der Waals surface area (Å²) in [6.45, 7) is 3.31. The summed E-state index contributed by atoms with van der Waals surface area (Å²) in [5.41, 5.74) is 1.04. The van der Waals surface area contributed by atoms with Crippen molar-refractivity contribution in [3.8, 4) is 0 Å². The third-order valence-electron chi connectivity index (χ3n) is 4.23. The first-order chi connectivity index (χ1) is 12.1. The highest BCUT2D eigenvalue weighted by molar-refractivity contribution is 6.33. The summed E-state index contributed by atoms with van der Waals surface area (Å²) in [5.74, 6) is -1.10. The van der Waals surface area contributed by atoms with E-state index in [0.29, 0.717) is 19.7 Å². The SMILES string of the molecule is O=C(NCCN1CCOC(c2ccccc2)C1)c1c(F)cccc1Cl. The molecule has 0 aliphatic carbocycles. The Morgan fingerprint density at radius 2 is 2.04 bits per heavy atom. The largest absolute Gasteiger partial charge is 0.371 e. The first kappa shape index (κ1) is 17.9. The molecular formula is C19H20ClFN2O2. The molecule has 0 aromatic heterocycles. The Morgan fingerprint density at radius 1 is 1.24 bits per heavy atom. The molecule has 1 aliphatic rings. The van der Waals surface area contributed by atoms with Crippen molar-refractivity contribution in [3.05, 3.63) is 70.5 Å². The van der Waals surface area contributed by atoms with Gasteiger partial charge >= 0.3 is 0 Å². The number of ether oxygens (including phenoxy) is 1. The van der Waals surface area contributed by atoms with E-state index in [4.69, 9.17) is 16.3 Å². The molecule has 4 nitrogen and oxygen atoms in total. The van der Waals surface area contributed by atoms with E-state index >= 15 is 0 Å². The Balaban J connectivity index is 1.51. The number of amides is 1. The lowest BCUT2D eigenvalue weighted by Gasteiger charge is -2.33. The van der Waals surface area contributed by atoms with Crippen LogP contribution in [0.4, 0.5) is 4.39 Å². The van der Waals surface area contributed by atoms with Crippen LogP contribution in [-0.2, 0) is 4.74 Å². The number of carbonyl (C=O) groups excluding carboxylic acids is 1. The number of benzene rings is 2. The van der Waals surface area contributed by atoms with E-state index in [0.717, 1.165) is 18.7 Å². The zero-order valence-corrected chi connectivity index (χ0v) is 14.5. The van der Waals surface area contributed by atoms with Crippen molar-refractivity contribution in [2.45, 2.75) is 6.10 Å². The lowest BCUT2D eigenvalue weighted by atomic mass is 10.1. The van der Waals surface area contributed by atoms with Crippen molar-refractivity contribution >= 4 is 17.5 Å². The minimum atomic E-state index is -0.611. The Hall–Kier alpha value is -1.95. The summed E-state index contributed by atoms with van der Waals surface area (Å²) in [6.07, 6.45) is 0.0339. The Kier molecular flexibility index (Phi) is 6.02. The second-order valence-electron chi connectivity index (χ2n) is 5.92. The summed E-state index contributed by atoms with van der Waals surface area (Å²) in [4.78, 5) is 14.4. The molecule has 1 unspecified atom stereocenters. The number of hydrogen-bond acceptors (Lipinski definition) is 3. The molecule has 0 bridgehead atoms. The quantitative estimate of drug-likeness (QED) is 0.887. The third-order valence-corrected chi connectivity index (χ3v) is 4.54. The molecule has 2 aromatic rings. The lowest BCUT2D eigenvalue weighted by molar-refractivity contribution is -0.0293. The molecule has 2 aromatic carbocycles. The Bertz CT molecular complexity index is 706. The van der Waals surface area contributed by atoms with Gasteiger partial charge in [0.1, 0.15) is 5.82 Å². The molecule has 3 rings (SSSR count). The van der Waals surface area contributed by atoms with Gasteiger partial charge in [-0.2, -0.15) is 0 Å². The van der Waals surface area contributed by atoms with E-state index in [1.54, 1.807) is 0 Å². The van der Waals surface area contributed by atoms with Gasteiger partial charge in [0.05, 0.1) is 23.3 Å². The first-order valence-corrected chi connectivity index (χ1v) is 8.64. The predicted octanol–water partition coefficient (Wildman–Crippen LogP) is 3.28. The number of nitrogens with one attached hydrogen (secondary N) is 1. The molecule has 1 saturated heterocycles. The lowest BCUT2D eigenvalue weighted by Crippen LogP contribution is -2.42. The predicted molar refractivity (Wildman–Crippen MR) is 95.3 cm³/mol. The molecular weight excluding hydrogens is 343 g/mol. The van der Waals surface area contributed by atoms with Crippen LogP contribution in [0.1, 0.15) is 22.0 Å². The highest BCUT2D eigenvalue weighted by atomic mass is 35.5. The van der Waals surface area contributed by atoms with Crippen LogP contribution in [-0.4, -0.2) is 43.6 Å². The van der Waals surface area contributed by atoms with Crippen molar-refractivity contribution in [2.75, 3.05) is 32.8 Å². The van der Waals surface area contributed by atoms with Gasteiger partial charge in [-0.05, 0) is 17.7 Å². The van der Waals surface area contributed by atoms with Gasteiger partial charge in [0.2, 0.25) is 0 Å². The van der Waals surface area contributed by atoms with Crippen LogP contribution in [0, 0.1) is 5.82 Å². The normalized spacial score (nSPS) is 18.1. The van der Waals surface area contributed by atoms with Crippen LogP contribution in [0.15, 0.2) is 48.5 Å². The van der Waals surface area contributed by atoms with E-state index in [1.807, 2.05) is 18.2 Å². The summed E-state index contributed by atoms with van der Waals surface area (Å²) < 4.78 is 19.6. The fourth-order valence-corrected chi connectivity index (χ4v) is 3.15. The molecule has 1 heterocycles. The Morgan fingerprint density at radius 3 is 2.80 bits per heavy atom. The summed E-state index contributed by atoms with van der Waals surface area (Å²) in [7, 11) is 0. The van der Waals surface area contributed by atoms with Gasteiger partial charge in [0.15, 0.2) is 0 Å². The molecule has 6 heteroatoms. The molecule has 1 atom stereocenters. The Labute approximate surface area is 151 Å². The first-order valence-electron chi connectivity index (χ1n) is 8.26. The zero-order valence-electron chi connectivity index (χ0n) is 13.8. The summed E-state index contributed by atoms with van der Waals surface area (Å²) in [5, 5.41) is 2.86. The van der Waals surface area contributed by atoms with Crippen LogP contribution in [0.3, 0.4) is 0 Å². The monoisotopic (exact) mass is 362 g/mol. The smallest absolute Gasteiger partial charge is 0.255 e. The summed E-state index contributed by atoms with van der Waals surface area (Å²) >= 11 is 5.91. The number of halogens is 2. The van der Waals surface area contributed by atoms with Crippen LogP contribution in [0.2, 0.25) is 5.02 Å². The number of carbonyl (C=O) groups is 1. The fraction of sp³-hybridized carbons (Fsp3) is 0.316. The van der Waals surface area contributed by atoms with Crippen molar-refractivity contribution in [1.29, 1.82) is 0 Å². The van der Waals surface area contributed by atoms with Gasteiger partial charge in [0.25, 0.3) is 5.91 Å². The maximum absolute atomic E-state index is 13.7. The van der Waals surface area contributed by atoms with Gasteiger partial charge in [-0.3, -0.25) is 9.69 Å². The average molecular weight is 363 g/mol. The number of nitrogens with zero attached hydrogens (tertiary/aromatic N) is 1. The molecule has 25 heavy (non-hydrogen) atoms. The second kappa shape index (κ2) is 8.43. The van der Waals surface area contributed by atoms with E-state index in [2.05, 4.69) is 22.3 Å².